The van der Waals surface area contributed by atoms with Crippen molar-refractivity contribution >= 4 is 11.9 Å². The van der Waals surface area contributed by atoms with E-state index in [0.717, 1.165) is 18.7 Å². The second-order valence-corrected chi connectivity index (χ2v) is 7.55. The number of hydrogen-bond acceptors (Lipinski definition) is 7. The van der Waals surface area contributed by atoms with Crippen LogP contribution in [-0.2, 0) is 19.1 Å². The summed E-state index contributed by atoms with van der Waals surface area (Å²) in [7, 11) is 0. The third-order valence-corrected chi connectivity index (χ3v) is 5.76. The third-order valence-electron chi connectivity index (χ3n) is 5.76. The summed E-state index contributed by atoms with van der Waals surface area (Å²) < 4.78 is 11.1. The number of rotatable bonds is 2. The number of ether oxygens (including phenoxy) is 2. The molecule has 140 valence electrons. The molecule has 0 aliphatic carbocycles. The molecule has 3 rings (SSSR count). The molecule has 3 aliphatic rings. The first-order valence-corrected chi connectivity index (χ1v) is 9.00. The molecule has 0 aromatic heterocycles. The van der Waals surface area contributed by atoms with E-state index >= 15 is 0 Å². The van der Waals surface area contributed by atoms with Crippen LogP contribution in [-0.4, -0.2) is 70.6 Å². The summed E-state index contributed by atoms with van der Waals surface area (Å²) in [6.07, 6.45) is 0.738. The zero-order chi connectivity index (χ0) is 18.4. The lowest BCUT2D eigenvalue weighted by Crippen LogP contribution is -2.56. The van der Waals surface area contributed by atoms with Crippen molar-refractivity contribution in [1.29, 1.82) is 0 Å². The highest BCUT2D eigenvalue weighted by atomic mass is 16.6. The Hall–Kier alpha value is -1.44. The molecule has 0 aromatic rings. The van der Waals surface area contributed by atoms with Gasteiger partial charge in [0, 0.05) is 13.1 Å². The number of nitrogens with zero attached hydrogens (tertiary/aromatic N) is 1. The molecule has 2 N–H and O–H groups in total. The Labute approximate surface area is 147 Å². The minimum atomic E-state index is -2.13. The predicted molar refractivity (Wildman–Crippen MR) is 88.5 cm³/mol. The Morgan fingerprint density at radius 3 is 2.76 bits per heavy atom. The van der Waals surface area contributed by atoms with Crippen LogP contribution >= 0.6 is 0 Å². The van der Waals surface area contributed by atoms with Crippen LogP contribution in [0.3, 0.4) is 0 Å². The van der Waals surface area contributed by atoms with E-state index in [2.05, 4.69) is 4.90 Å². The van der Waals surface area contributed by atoms with Crippen molar-refractivity contribution < 1.29 is 29.3 Å². The fourth-order valence-corrected chi connectivity index (χ4v) is 4.16. The van der Waals surface area contributed by atoms with Crippen LogP contribution in [0.1, 0.15) is 33.6 Å². The zero-order valence-electron chi connectivity index (χ0n) is 15.0. The minimum absolute atomic E-state index is 0.0371. The van der Waals surface area contributed by atoms with E-state index in [9.17, 15) is 19.8 Å². The van der Waals surface area contributed by atoms with Gasteiger partial charge in [0.1, 0.15) is 18.8 Å². The largest absolute Gasteiger partial charge is 0.460 e. The van der Waals surface area contributed by atoms with E-state index in [0.29, 0.717) is 6.42 Å². The average molecular weight is 353 g/mol. The fraction of sp³-hybridized carbons (Fsp3) is 0.778. The van der Waals surface area contributed by atoms with Crippen molar-refractivity contribution in [2.75, 3.05) is 19.7 Å². The molecule has 25 heavy (non-hydrogen) atoms. The van der Waals surface area contributed by atoms with E-state index in [1.807, 2.05) is 6.08 Å². The number of aliphatic hydroxyl groups is 2. The monoisotopic (exact) mass is 353 g/mol. The first-order chi connectivity index (χ1) is 11.8. The van der Waals surface area contributed by atoms with Crippen LogP contribution in [0.25, 0.3) is 0 Å². The summed E-state index contributed by atoms with van der Waals surface area (Å²) in [5.74, 6) is -2.76. The van der Waals surface area contributed by atoms with Crippen molar-refractivity contribution in [3.63, 3.8) is 0 Å². The summed E-state index contributed by atoms with van der Waals surface area (Å²) in [4.78, 5) is 27.5. The number of cyclic esters (lactones) is 1. The quantitative estimate of drug-likeness (QED) is 0.542. The lowest BCUT2D eigenvalue weighted by atomic mass is 9.79. The van der Waals surface area contributed by atoms with Gasteiger partial charge < -0.3 is 19.7 Å². The van der Waals surface area contributed by atoms with Gasteiger partial charge in [0.15, 0.2) is 5.60 Å². The van der Waals surface area contributed by atoms with Gasteiger partial charge >= 0.3 is 11.9 Å². The molecule has 3 heterocycles. The van der Waals surface area contributed by atoms with Gasteiger partial charge in [-0.3, -0.25) is 9.69 Å². The molecule has 3 aliphatic heterocycles. The molecule has 0 aromatic carbocycles. The molecule has 0 spiro atoms. The van der Waals surface area contributed by atoms with Gasteiger partial charge in [-0.1, -0.05) is 26.8 Å². The highest BCUT2D eigenvalue weighted by Crippen LogP contribution is 2.35. The molecule has 0 radical (unpaired) electrons. The Bertz CT molecular complexity index is 588. The second kappa shape index (κ2) is 6.70. The maximum absolute atomic E-state index is 12.8. The van der Waals surface area contributed by atoms with Crippen LogP contribution in [0, 0.1) is 11.8 Å². The smallest absolute Gasteiger partial charge is 0.341 e. The number of esters is 2. The highest BCUT2D eigenvalue weighted by Gasteiger charge is 2.52. The van der Waals surface area contributed by atoms with E-state index in [-0.39, 0.29) is 31.1 Å². The van der Waals surface area contributed by atoms with Crippen LogP contribution < -0.4 is 0 Å². The van der Waals surface area contributed by atoms with Crippen molar-refractivity contribution in [2.24, 2.45) is 11.8 Å². The molecule has 0 amide bonds. The molecule has 0 bridgehead atoms. The maximum Gasteiger partial charge on any atom is 0.341 e. The molecule has 2 saturated heterocycles. The third kappa shape index (κ3) is 2.98. The van der Waals surface area contributed by atoms with E-state index < -0.39 is 29.6 Å². The van der Waals surface area contributed by atoms with Gasteiger partial charge in [0.25, 0.3) is 0 Å². The maximum atomic E-state index is 12.8. The Morgan fingerprint density at radius 1 is 1.40 bits per heavy atom. The molecule has 7 heteroatoms. The molecule has 7 nitrogen and oxygen atoms in total. The van der Waals surface area contributed by atoms with Gasteiger partial charge in [0.05, 0.1) is 12.0 Å². The first kappa shape index (κ1) is 18.4. The van der Waals surface area contributed by atoms with Gasteiger partial charge in [-0.05, 0) is 24.3 Å². The van der Waals surface area contributed by atoms with Crippen molar-refractivity contribution in [1.82, 2.24) is 4.90 Å². The summed E-state index contributed by atoms with van der Waals surface area (Å²) >= 11 is 0. The summed E-state index contributed by atoms with van der Waals surface area (Å²) in [6.45, 7) is 6.69. The summed E-state index contributed by atoms with van der Waals surface area (Å²) in [5, 5.41) is 21.5. The molecule has 5 atom stereocenters. The molecule has 2 unspecified atom stereocenters. The van der Waals surface area contributed by atoms with E-state index in [1.165, 1.54) is 0 Å². The molecule has 2 fully saturated rings. The zero-order valence-corrected chi connectivity index (χ0v) is 15.0. The summed E-state index contributed by atoms with van der Waals surface area (Å²) in [6, 6.07) is -0.0884. The topological polar surface area (TPSA) is 96.3 Å². The first-order valence-electron chi connectivity index (χ1n) is 9.00. The normalized spacial score (nSPS) is 39.5. The van der Waals surface area contributed by atoms with Crippen LogP contribution in [0.4, 0.5) is 0 Å². The van der Waals surface area contributed by atoms with Crippen molar-refractivity contribution in [3.8, 4) is 0 Å². The van der Waals surface area contributed by atoms with Gasteiger partial charge in [-0.15, -0.1) is 0 Å². The SMILES string of the molecule is CC[C@]1(O)C(=O)OCC2=CCN3CC[C@@H](OC(=O)C(C(C)C)C1O)[C@@H]23. The molecular weight excluding hydrogens is 326 g/mol. The van der Waals surface area contributed by atoms with E-state index in [4.69, 9.17) is 9.47 Å². The fourth-order valence-electron chi connectivity index (χ4n) is 4.16. The van der Waals surface area contributed by atoms with Crippen LogP contribution in [0.2, 0.25) is 0 Å². The Kier molecular flexibility index (Phi) is 4.92. The van der Waals surface area contributed by atoms with Crippen LogP contribution in [0.5, 0.6) is 0 Å². The van der Waals surface area contributed by atoms with E-state index in [1.54, 1.807) is 20.8 Å². The summed E-state index contributed by atoms with van der Waals surface area (Å²) in [5.41, 5.74) is -1.24. The predicted octanol–water partition coefficient (Wildman–Crippen LogP) is 0.243. The van der Waals surface area contributed by atoms with Gasteiger partial charge in [-0.2, -0.15) is 0 Å². The van der Waals surface area contributed by atoms with Crippen molar-refractivity contribution in [3.05, 3.63) is 11.6 Å². The van der Waals surface area contributed by atoms with Crippen LogP contribution in [0.15, 0.2) is 11.6 Å². The minimum Gasteiger partial charge on any atom is -0.460 e. The number of aliphatic hydroxyl groups excluding tert-OH is 1. The average Bonchev–Trinajstić information content (AvgIpc) is 3.13. The Balaban J connectivity index is 1.98. The molecule has 0 saturated carbocycles. The lowest BCUT2D eigenvalue weighted by Gasteiger charge is -2.35. The Morgan fingerprint density at radius 2 is 2.12 bits per heavy atom. The van der Waals surface area contributed by atoms with Crippen molar-refractivity contribution in [2.45, 2.75) is 57.5 Å². The highest BCUT2D eigenvalue weighted by molar-refractivity contribution is 5.83. The standard InChI is InChI=1S/C18H27NO6/c1-4-18(23)15(20)13(10(2)3)16(21)25-12-6-8-19-7-5-11(14(12)19)9-24-17(18)22/h5,10,12-15,20,23H,4,6-9H2,1-3H3/t12-,13?,14-,15?,18-/m1/s1. The van der Waals surface area contributed by atoms with Gasteiger partial charge in [-0.25, -0.2) is 4.79 Å². The van der Waals surface area contributed by atoms with Gasteiger partial charge in [0.2, 0.25) is 0 Å². The number of carbonyl (C=O) groups excluding carboxylic acids is 2. The number of hydrogen-bond donors (Lipinski definition) is 2. The number of carbonyl (C=O) groups is 2. The molecular formula is C18H27NO6. The lowest BCUT2D eigenvalue weighted by molar-refractivity contribution is -0.190. The second-order valence-electron chi connectivity index (χ2n) is 7.55.